The van der Waals surface area contributed by atoms with E-state index in [1.165, 1.54) is 25.5 Å². The number of nitro groups is 1. The predicted octanol–water partition coefficient (Wildman–Crippen LogP) is 4.27. The van der Waals surface area contributed by atoms with Gasteiger partial charge in [-0.05, 0) is 53.0 Å². The number of rotatable bonds is 7. The lowest BCUT2D eigenvalue weighted by Crippen LogP contribution is -2.25. The van der Waals surface area contributed by atoms with Gasteiger partial charge in [-0.15, -0.1) is 0 Å². The maximum absolute atomic E-state index is 12.0. The van der Waals surface area contributed by atoms with E-state index in [1.807, 2.05) is 6.07 Å². The van der Waals surface area contributed by atoms with Crippen LogP contribution in [0.4, 0.5) is 5.69 Å². The first-order valence-electron chi connectivity index (χ1n) is 7.96. The summed E-state index contributed by atoms with van der Waals surface area (Å²) in [5.41, 5.74) is 4.16. The molecule has 0 radical (unpaired) electrons. The Hall–Kier alpha value is -2.46. The number of methoxy groups -OCH3 is 1. The number of hydrazone groups is 1. The molecule has 0 saturated carbocycles. The molecule has 0 aromatic heterocycles. The van der Waals surface area contributed by atoms with E-state index in [2.05, 4.69) is 42.4 Å². The number of hydrogen-bond acceptors (Lipinski definition) is 6. The fourth-order valence-corrected chi connectivity index (χ4v) is 3.92. The van der Waals surface area contributed by atoms with Crippen LogP contribution in [-0.2, 0) is 4.79 Å². The first-order chi connectivity index (χ1) is 13.2. The highest BCUT2D eigenvalue weighted by molar-refractivity contribution is 9.11. The summed E-state index contributed by atoms with van der Waals surface area (Å²) in [6, 6.07) is 6.42. The summed E-state index contributed by atoms with van der Waals surface area (Å²) >= 11 is 6.77. The van der Waals surface area contributed by atoms with Crippen molar-refractivity contribution in [2.75, 3.05) is 13.7 Å². The van der Waals surface area contributed by atoms with E-state index < -0.39 is 10.8 Å². The fourth-order valence-electron chi connectivity index (χ4n) is 2.50. The zero-order chi connectivity index (χ0) is 20.8. The molecule has 8 nitrogen and oxygen atoms in total. The van der Waals surface area contributed by atoms with Gasteiger partial charge in [0.25, 0.3) is 11.6 Å². The molecule has 28 heavy (non-hydrogen) atoms. The Labute approximate surface area is 178 Å². The summed E-state index contributed by atoms with van der Waals surface area (Å²) in [6.45, 7) is 3.09. The van der Waals surface area contributed by atoms with Gasteiger partial charge in [0, 0.05) is 22.2 Å². The number of benzene rings is 2. The van der Waals surface area contributed by atoms with Gasteiger partial charge < -0.3 is 9.47 Å². The Morgan fingerprint density at radius 1 is 1.21 bits per heavy atom. The third-order valence-electron chi connectivity index (χ3n) is 3.64. The lowest BCUT2D eigenvalue weighted by Gasteiger charge is -2.11. The third kappa shape index (κ3) is 5.52. The summed E-state index contributed by atoms with van der Waals surface area (Å²) in [5.74, 6) is 0.540. The Morgan fingerprint density at radius 3 is 2.43 bits per heavy atom. The molecule has 0 aliphatic carbocycles. The number of hydrogen-bond donors (Lipinski definition) is 1. The van der Waals surface area contributed by atoms with Crippen molar-refractivity contribution >= 4 is 49.7 Å². The minimum atomic E-state index is -0.472. The van der Waals surface area contributed by atoms with Crippen LogP contribution in [0, 0.1) is 24.0 Å². The van der Waals surface area contributed by atoms with Gasteiger partial charge >= 0.3 is 0 Å². The van der Waals surface area contributed by atoms with Crippen molar-refractivity contribution in [3.63, 3.8) is 0 Å². The number of nitrogens with one attached hydrogen (secondary N) is 1. The summed E-state index contributed by atoms with van der Waals surface area (Å²) in [5, 5.41) is 14.8. The van der Waals surface area contributed by atoms with Crippen molar-refractivity contribution in [2.45, 2.75) is 13.8 Å². The molecule has 10 heteroatoms. The van der Waals surface area contributed by atoms with E-state index in [4.69, 9.17) is 9.47 Å². The first-order valence-corrected chi connectivity index (χ1v) is 9.55. The van der Waals surface area contributed by atoms with Gasteiger partial charge in [-0.1, -0.05) is 15.9 Å². The van der Waals surface area contributed by atoms with Crippen molar-refractivity contribution in [3.8, 4) is 11.5 Å². The van der Waals surface area contributed by atoms with E-state index in [0.717, 1.165) is 8.95 Å². The highest BCUT2D eigenvalue weighted by atomic mass is 79.9. The molecule has 148 valence electrons. The molecular formula is C18H17Br2N3O5. The molecule has 0 saturated heterocycles. The van der Waals surface area contributed by atoms with Gasteiger partial charge in [0.2, 0.25) is 0 Å². The normalized spacial score (nSPS) is 10.8. The zero-order valence-electron chi connectivity index (χ0n) is 15.3. The van der Waals surface area contributed by atoms with Crippen molar-refractivity contribution in [2.24, 2.45) is 5.10 Å². The van der Waals surface area contributed by atoms with Crippen LogP contribution in [0.2, 0.25) is 0 Å². The van der Waals surface area contributed by atoms with Crippen molar-refractivity contribution < 1.29 is 19.2 Å². The number of ether oxygens (including phenoxy) is 2. The zero-order valence-corrected chi connectivity index (χ0v) is 18.5. The number of nitrogens with zero attached hydrogens (tertiary/aromatic N) is 2. The second kappa shape index (κ2) is 9.65. The van der Waals surface area contributed by atoms with Gasteiger partial charge in [0.1, 0.15) is 11.5 Å². The van der Waals surface area contributed by atoms with Gasteiger partial charge in [-0.25, -0.2) is 5.43 Å². The van der Waals surface area contributed by atoms with E-state index >= 15 is 0 Å². The number of carbonyl (C=O) groups excluding carboxylic acids is 1. The largest absolute Gasteiger partial charge is 0.495 e. The molecule has 1 amide bonds. The molecule has 0 atom stereocenters. The Bertz CT molecular complexity index is 924. The average Bonchev–Trinajstić information content (AvgIpc) is 2.60. The molecular weight excluding hydrogens is 498 g/mol. The SMILES string of the molecule is COc1c(Br)cc(Br)cc1C=NNC(=O)COc1c(C)cc([N+](=O)[O-])cc1C. The van der Waals surface area contributed by atoms with Crippen LogP contribution >= 0.6 is 31.9 Å². The third-order valence-corrected chi connectivity index (χ3v) is 4.68. The second-order valence-corrected chi connectivity index (χ2v) is 7.53. The van der Waals surface area contributed by atoms with Crippen LogP contribution < -0.4 is 14.9 Å². The van der Waals surface area contributed by atoms with Crippen LogP contribution in [0.1, 0.15) is 16.7 Å². The summed E-state index contributed by atoms with van der Waals surface area (Å²) < 4.78 is 12.4. The number of amides is 1. The quantitative estimate of drug-likeness (QED) is 0.337. The number of halogens is 2. The van der Waals surface area contributed by atoms with Crippen LogP contribution in [0.25, 0.3) is 0 Å². The minimum Gasteiger partial charge on any atom is -0.495 e. The van der Waals surface area contributed by atoms with Crippen molar-refractivity contribution in [1.29, 1.82) is 0 Å². The van der Waals surface area contributed by atoms with Crippen LogP contribution in [0.5, 0.6) is 11.5 Å². The van der Waals surface area contributed by atoms with E-state index in [0.29, 0.717) is 28.2 Å². The highest BCUT2D eigenvalue weighted by Gasteiger charge is 2.14. The molecule has 1 N–H and O–H groups in total. The van der Waals surface area contributed by atoms with Crippen molar-refractivity contribution in [3.05, 3.63) is 60.0 Å². The Morgan fingerprint density at radius 2 is 1.86 bits per heavy atom. The molecule has 0 unspecified atom stereocenters. The lowest BCUT2D eigenvalue weighted by atomic mass is 10.1. The van der Waals surface area contributed by atoms with Crippen LogP contribution in [0.15, 0.2) is 38.3 Å². The van der Waals surface area contributed by atoms with Gasteiger partial charge in [0.15, 0.2) is 6.61 Å². The second-order valence-electron chi connectivity index (χ2n) is 5.76. The molecule has 0 aliphatic heterocycles. The topological polar surface area (TPSA) is 103 Å². The minimum absolute atomic E-state index is 0.0227. The van der Waals surface area contributed by atoms with E-state index in [-0.39, 0.29) is 12.3 Å². The smallest absolute Gasteiger partial charge is 0.277 e. The molecule has 0 aliphatic rings. The lowest BCUT2D eigenvalue weighted by molar-refractivity contribution is -0.385. The maximum atomic E-state index is 12.0. The molecule has 0 fully saturated rings. The Kier molecular flexibility index (Phi) is 7.53. The highest BCUT2D eigenvalue weighted by Crippen LogP contribution is 2.31. The molecule has 2 aromatic carbocycles. The van der Waals surface area contributed by atoms with E-state index in [9.17, 15) is 14.9 Å². The fraction of sp³-hybridized carbons (Fsp3) is 0.222. The van der Waals surface area contributed by atoms with Gasteiger partial charge in [-0.2, -0.15) is 5.10 Å². The average molecular weight is 515 g/mol. The van der Waals surface area contributed by atoms with Gasteiger partial charge in [0.05, 0.1) is 22.7 Å². The monoisotopic (exact) mass is 513 g/mol. The molecule has 2 aromatic rings. The van der Waals surface area contributed by atoms with Gasteiger partial charge in [-0.3, -0.25) is 14.9 Å². The summed E-state index contributed by atoms with van der Waals surface area (Å²) in [7, 11) is 1.53. The molecule has 2 rings (SSSR count). The number of nitro benzene ring substituents is 1. The molecule has 0 spiro atoms. The Balaban J connectivity index is 2.01. The number of carbonyl (C=O) groups is 1. The van der Waals surface area contributed by atoms with Crippen molar-refractivity contribution in [1.82, 2.24) is 5.43 Å². The number of aryl methyl sites for hydroxylation is 2. The summed E-state index contributed by atoms with van der Waals surface area (Å²) in [6.07, 6.45) is 1.45. The molecule has 0 heterocycles. The first kappa shape index (κ1) is 21.8. The molecule has 0 bridgehead atoms. The predicted molar refractivity (Wildman–Crippen MR) is 112 cm³/mol. The number of non-ortho nitro benzene ring substituents is 1. The van der Waals surface area contributed by atoms with Crippen LogP contribution in [-0.4, -0.2) is 30.8 Å². The van der Waals surface area contributed by atoms with Crippen LogP contribution in [0.3, 0.4) is 0 Å². The standard InChI is InChI=1S/C18H17Br2N3O5/c1-10-4-14(23(25)26)5-11(2)17(10)28-9-16(24)22-21-8-12-6-13(19)7-15(20)18(12)27-3/h4-8H,9H2,1-3H3,(H,22,24). The van der Waals surface area contributed by atoms with E-state index in [1.54, 1.807) is 19.9 Å². The maximum Gasteiger partial charge on any atom is 0.277 e. The summed E-state index contributed by atoms with van der Waals surface area (Å²) in [4.78, 5) is 22.4.